The van der Waals surface area contributed by atoms with Crippen LogP contribution in [0.2, 0.25) is 0 Å². The van der Waals surface area contributed by atoms with Gasteiger partial charge in [-0.25, -0.2) is 0 Å². The van der Waals surface area contributed by atoms with Crippen molar-refractivity contribution in [2.24, 2.45) is 5.92 Å². The third-order valence-corrected chi connectivity index (χ3v) is 2.83. The van der Waals surface area contributed by atoms with E-state index in [1.807, 2.05) is 12.1 Å². The molecule has 0 aliphatic heterocycles. The summed E-state index contributed by atoms with van der Waals surface area (Å²) in [6.07, 6.45) is 2.63. The monoisotopic (exact) mass is 230 g/mol. The highest BCUT2D eigenvalue weighted by atomic mass is 16.5. The van der Waals surface area contributed by atoms with Gasteiger partial charge in [0.1, 0.15) is 5.75 Å². The highest BCUT2D eigenvalue weighted by Gasteiger charge is 2.20. The fraction of sp³-hybridized carbons (Fsp3) is 0.500. The van der Waals surface area contributed by atoms with E-state index in [1.165, 1.54) is 12.8 Å². The summed E-state index contributed by atoms with van der Waals surface area (Å²) in [6, 6.07) is 10.2. The molecule has 1 aromatic carbocycles. The average Bonchev–Trinajstić information content (AvgIpc) is 3.18. The van der Waals surface area contributed by atoms with Gasteiger partial charge in [0.2, 0.25) is 0 Å². The lowest BCUT2D eigenvalue weighted by Gasteiger charge is -2.13. The summed E-state index contributed by atoms with van der Waals surface area (Å²) < 4.78 is 5.67. The molecule has 0 bridgehead atoms. The topological polar surface area (TPSA) is 45.0 Å². The fourth-order valence-electron chi connectivity index (χ4n) is 1.61. The SMILES string of the molecule is CC(CNC1CC1)COc1cccc(C#N)c1. The quantitative estimate of drug-likeness (QED) is 0.815. The van der Waals surface area contributed by atoms with E-state index < -0.39 is 0 Å². The maximum Gasteiger partial charge on any atom is 0.120 e. The Bertz CT molecular complexity index is 407. The number of hydrogen-bond donors (Lipinski definition) is 1. The van der Waals surface area contributed by atoms with E-state index in [-0.39, 0.29) is 0 Å². The summed E-state index contributed by atoms with van der Waals surface area (Å²) >= 11 is 0. The third-order valence-electron chi connectivity index (χ3n) is 2.83. The van der Waals surface area contributed by atoms with Gasteiger partial charge in [-0.15, -0.1) is 0 Å². The standard InChI is InChI=1S/C14H18N2O/c1-11(9-16-13-5-6-13)10-17-14-4-2-3-12(7-14)8-15/h2-4,7,11,13,16H,5-6,9-10H2,1H3. The van der Waals surface area contributed by atoms with Gasteiger partial charge in [-0.2, -0.15) is 5.26 Å². The van der Waals surface area contributed by atoms with Crippen molar-refractivity contribution in [1.29, 1.82) is 5.26 Å². The Morgan fingerprint density at radius 3 is 3.06 bits per heavy atom. The van der Waals surface area contributed by atoms with Gasteiger partial charge in [0.05, 0.1) is 18.2 Å². The van der Waals surface area contributed by atoms with Gasteiger partial charge in [-0.1, -0.05) is 13.0 Å². The summed E-state index contributed by atoms with van der Waals surface area (Å²) in [4.78, 5) is 0. The Kier molecular flexibility index (Phi) is 4.00. The highest BCUT2D eigenvalue weighted by molar-refractivity contribution is 5.36. The molecule has 1 unspecified atom stereocenters. The van der Waals surface area contributed by atoms with E-state index in [1.54, 1.807) is 12.1 Å². The highest BCUT2D eigenvalue weighted by Crippen LogP contribution is 2.19. The minimum atomic E-state index is 0.487. The van der Waals surface area contributed by atoms with Crippen LogP contribution in [0.25, 0.3) is 0 Å². The molecule has 0 saturated heterocycles. The molecular formula is C14H18N2O. The van der Waals surface area contributed by atoms with E-state index in [0.717, 1.165) is 18.3 Å². The van der Waals surface area contributed by atoms with Gasteiger partial charge in [-0.05, 0) is 31.0 Å². The van der Waals surface area contributed by atoms with Crippen molar-refractivity contribution in [2.75, 3.05) is 13.2 Å². The first-order valence-corrected chi connectivity index (χ1v) is 6.14. The normalized spacial score (nSPS) is 16.2. The minimum Gasteiger partial charge on any atom is -0.493 e. The number of nitriles is 1. The maximum atomic E-state index is 8.78. The molecule has 1 saturated carbocycles. The number of ether oxygens (including phenoxy) is 1. The number of hydrogen-bond acceptors (Lipinski definition) is 3. The number of rotatable bonds is 6. The van der Waals surface area contributed by atoms with Gasteiger partial charge >= 0.3 is 0 Å². The van der Waals surface area contributed by atoms with Crippen LogP contribution in [-0.2, 0) is 0 Å². The molecule has 1 aromatic rings. The van der Waals surface area contributed by atoms with Gasteiger partial charge < -0.3 is 10.1 Å². The molecule has 0 radical (unpaired) electrons. The molecule has 0 aromatic heterocycles. The molecule has 0 spiro atoms. The summed E-state index contributed by atoms with van der Waals surface area (Å²) in [6.45, 7) is 3.86. The Morgan fingerprint density at radius 2 is 2.35 bits per heavy atom. The first-order valence-electron chi connectivity index (χ1n) is 6.14. The number of nitrogens with zero attached hydrogens (tertiary/aromatic N) is 1. The van der Waals surface area contributed by atoms with Crippen molar-refractivity contribution in [3.63, 3.8) is 0 Å². The van der Waals surface area contributed by atoms with Crippen molar-refractivity contribution in [3.05, 3.63) is 29.8 Å². The minimum absolute atomic E-state index is 0.487. The predicted octanol–water partition coefficient (Wildman–Crippen LogP) is 2.33. The zero-order chi connectivity index (χ0) is 12.1. The van der Waals surface area contributed by atoms with Crippen molar-refractivity contribution in [2.45, 2.75) is 25.8 Å². The van der Waals surface area contributed by atoms with Crippen LogP contribution < -0.4 is 10.1 Å². The third kappa shape index (κ3) is 4.08. The molecule has 0 amide bonds. The van der Waals surface area contributed by atoms with Crippen molar-refractivity contribution >= 4 is 0 Å². The van der Waals surface area contributed by atoms with Crippen molar-refractivity contribution in [1.82, 2.24) is 5.32 Å². The summed E-state index contributed by atoms with van der Waals surface area (Å²) in [5.41, 5.74) is 0.645. The largest absolute Gasteiger partial charge is 0.493 e. The number of benzene rings is 1. The van der Waals surface area contributed by atoms with E-state index >= 15 is 0 Å². The lowest BCUT2D eigenvalue weighted by Crippen LogP contribution is -2.26. The Hall–Kier alpha value is -1.53. The lowest BCUT2D eigenvalue weighted by atomic mass is 10.2. The van der Waals surface area contributed by atoms with Gasteiger partial charge in [0, 0.05) is 18.5 Å². The lowest BCUT2D eigenvalue weighted by molar-refractivity contribution is 0.255. The van der Waals surface area contributed by atoms with Gasteiger partial charge in [0.15, 0.2) is 0 Å². The summed E-state index contributed by atoms with van der Waals surface area (Å²) in [5.74, 6) is 1.27. The molecular weight excluding hydrogens is 212 g/mol. The molecule has 1 N–H and O–H groups in total. The molecule has 3 nitrogen and oxygen atoms in total. The van der Waals surface area contributed by atoms with Gasteiger partial charge in [0.25, 0.3) is 0 Å². The first-order chi connectivity index (χ1) is 8.28. The molecule has 1 aliphatic rings. The molecule has 1 atom stereocenters. The fourth-order valence-corrected chi connectivity index (χ4v) is 1.61. The zero-order valence-electron chi connectivity index (χ0n) is 10.1. The van der Waals surface area contributed by atoms with Crippen LogP contribution in [0, 0.1) is 17.2 Å². The van der Waals surface area contributed by atoms with E-state index in [0.29, 0.717) is 18.1 Å². The Balaban J connectivity index is 1.73. The second-order valence-electron chi connectivity index (χ2n) is 4.74. The van der Waals surface area contributed by atoms with Gasteiger partial charge in [-0.3, -0.25) is 0 Å². The second kappa shape index (κ2) is 5.70. The first kappa shape index (κ1) is 11.9. The van der Waals surface area contributed by atoms with Crippen LogP contribution in [0.15, 0.2) is 24.3 Å². The van der Waals surface area contributed by atoms with Crippen LogP contribution in [0.1, 0.15) is 25.3 Å². The molecule has 90 valence electrons. The molecule has 1 aliphatic carbocycles. The zero-order valence-corrected chi connectivity index (χ0v) is 10.1. The van der Waals surface area contributed by atoms with Crippen molar-refractivity contribution in [3.8, 4) is 11.8 Å². The van der Waals surface area contributed by atoms with E-state index in [4.69, 9.17) is 10.00 Å². The molecule has 0 heterocycles. The van der Waals surface area contributed by atoms with Crippen molar-refractivity contribution < 1.29 is 4.74 Å². The Labute approximate surface area is 102 Å². The summed E-state index contributed by atoms with van der Waals surface area (Å²) in [7, 11) is 0. The number of nitrogens with one attached hydrogen (secondary N) is 1. The molecule has 2 rings (SSSR count). The Morgan fingerprint density at radius 1 is 1.53 bits per heavy atom. The molecule has 3 heteroatoms. The van der Waals surface area contributed by atoms with Crippen LogP contribution in [0.3, 0.4) is 0 Å². The molecule has 1 fully saturated rings. The van der Waals surface area contributed by atoms with E-state index in [2.05, 4.69) is 18.3 Å². The van der Waals surface area contributed by atoms with Crippen LogP contribution >= 0.6 is 0 Å². The predicted molar refractivity (Wildman–Crippen MR) is 66.8 cm³/mol. The molecule has 17 heavy (non-hydrogen) atoms. The summed E-state index contributed by atoms with van der Waals surface area (Å²) in [5, 5.41) is 12.3. The van der Waals surface area contributed by atoms with Crippen LogP contribution in [0.4, 0.5) is 0 Å². The smallest absolute Gasteiger partial charge is 0.120 e. The van der Waals surface area contributed by atoms with Crippen LogP contribution in [0.5, 0.6) is 5.75 Å². The maximum absolute atomic E-state index is 8.78. The second-order valence-corrected chi connectivity index (χ2v) is 4.74. The van der Waals surface area contributed by atoms with Crippen LogP contribution in [-0.4, -0.2) is 19.2 Å². The average molecular weight is 230 g/mol. The van der Waals surface area contributed by atoms with E-state index in [9.17, 15) is 0 Å².